The molecule has 4 heteroatoms. The van der Waals surface area contributed by atoms with E-state index in [4.69, 9.17) is 0 Å². The molecule has 1 N–H and O–H groups in total. The van der Waals surface area contributed by atoms with E-state index in [-0.39, 0.29) is 0 Å². The molecule has 1 aliphatic heterocycles. The summed E-state index contributed by atoms with van der Waals surface area (Å²) in [7, 11) is 2.06. The minimum atomic E-state index is 0.659. The van der Waals surface area contributed by atoms with Gasteiger partial charge in [-0.05, 0) is 38.4 Å². The molecule has 1 fully saturated rings. The number of hydrogen-bond donors (Lipinski definition) is 1. The summed E-state index contributed by atoms with van der Waals surface area (Å²) in [5, 5.41) is 8.21. The summed E-state index contributed by atoms with van der Waals surface area (Å²) in [5.41, 5.74) is 2.55. The van der Waals surface area contributed by atoms with Crippen LogP contribution in [0.5, 0.6) is 0 Å². The van der Waals surface area contributed by atoms with Gasteiger partial charge in [0.2, 0.25) is 0 Å². The first-order valence-corrected chi connectivity index (χ1v) is 7.70. The van der Waals surface area contributed by atoms with Gasteiger partial charge >= 0.3 is 0 Å². The van der Waals surface area contributed by atoms with E-state index in [0.29, 0.717) is 6.04 Å². The average Bonchev–Trinajstić information content (AvgIpc) is 2.60. The Hall–Kier alpha value is -0.870. The van der Waals surface area contributed by atoms with Crippen LogP contribution in [0.3, 0.4) is 0 Å². The largest absolute Gasteiger partial charge is 0.313 e. The second-order valence-electron chi connectivity index (χ2n) is 5.63. The van der Waals surface area contributed by atoms with Gasteiger partial charge in [0.05, 0.1) is 11.4 Å². The number of aromatic nitrogens is 2. The lowest BCUT2D eigenvalue weighted by atomic mass is 10.1. The van der Waals surface area contributed by atoms with E-state index in [2.05, 4.69) is 42.3 Å². The van der Waals surface area contributed by atoms with Crippen molar-refractivity contribution in [2.75, 3.05) is 19.6 Å². The molecule has 1 aromatic rings. The lowest BCUT2D eigenvalue weighted by molar-refractivity contribution is 0.248. The van der Waals surface area contributed by atoms with E-state index in [9.17, 15) is 0 Å². The Bertz CT molecular complexity index is 385. The molecule has 108 valence electrons. The van der Waals surface area contributed by atoms with Gasteiger partial charge in [0.1, 0.15) is 0 Å². The van der Waals surface area contributed by atoms with Gasteiger partial charge < -0.3 is 5.32 Å². The molecule has 2 rings (SSSR count). The molecule has 0 amide bonds. The number of nitrogens with one attached hydrogen (secondary N) is 1. The first-order chi connectivity index (χ1) is 9.22. The molecule has 0 saturated carbocycles. The van der Waals surface area contributed by atoms with Crippen LogP contribution in [0.2, 0.25) is 0 Å². The monoisotopic (exact) mass is 264 g/mol. The fraction of sp³-hybridized carbons (Fsp3) is 0.800. The maximum atomic E-state index is 4.55. The van der Waals surface area contributed by atoms with Gasteiger partial charge in [-0.2, -0.15) is 5.10 Å². The Labute approximate surface area is 117 Å². The van der Waals surface area contributed by atoms with Crippen LogP contribution in [0, 0.1) is 0 Å². The highest BCUT2D eigenvalue weighted by molar-refractivity contribution is 5.10. The fourth-order valence-electron chi connectivity index (χ4n) is 2.88. The van der Waals surface area contributed by atoms with E-state index in [1.807, 2.05) is 4.68 Å². The van der Waals surface area contributed by atoms with Crippen LogP contribution < -0.4 is 5.32 Å². The number of hydrogen-bond acceptors (Lipinski definition) is 3. The summed E-state index contributed by atoms with van der Waals surface area (Å²) in [6, 6.07) is 2.92. The van der Waals surface area contributed by atoms with Gasteiger partial charge in [-0.3, -0.25) is 9.58 Å². The zero-order chi connectivity index (χ0) is 13.7. The highest BCUT2D eigenvalue weighted by Crippen LogP contribution is 2.11. The minimum Gasteiger partial charge on any atom is -0.313 e. The predicted octanol–water partition coefficient (Wildman–Crippen LogP) is 1.95. The third-order valence-corrected chi connectivity index (χ3v) is 3.98. The van der Waals surface area contributed by atoms with Gasteiger partial charge in [0, 0.05) is 26.2 Å². The van der Waals surface area contributed by atoms with Gasteiger partial charge in [-0.1, -0.05) is 20.3 Å². The van der Waals surface area contributed by atoms with E-state index in [1.54, 1.807) is 0 Å². The molecular formula is C15H28N4. The Morgan fingerprint density at radius 2 is 2.26 bits per heavy atom. The summed E-state index contributed by atoms with van der Waals surface area (Å²) in [4.78, 5) is 2.58. The molecule has 1 aliphatic rings. The standard InChI is InChI=1S/C15H28N4/c1-4-7-14-11-19(9-6-8-16-14)12-15-10-13(5-2)17-18(15)3/h10,14,16H,4-9,11-12H2,1-3H3. The van der Waals surface area contributed by atoms with E-state index in [1.165, 1.54) is 43.7 Å². The molecule has 0 bridgehead atoms. The molecule has 0 aliphatic carbocycles. The zero-order valence-electron chi connectivity index (χ0n) is 12.7. The van der Waals surface area contributed by atoms with Crippen molar-refractivity contribution < 1.29 is 0 Å². The molecule has 1 unspecified atom stereocenters. The lowest BCUT2D eigenvalue weighted by Crippen LogP contribution is -2.37. The summed E-state index contributed by atoms with van der Waals surface area (Å²) in [5.74, 6) is 0. The lowest BCUT2D eigenvalue weighted by Gasteiger charge is -2.24. The van der Waals surface area contributed by atoms with Crippen molar-refractivity contribution in [2.45, 2.75) is 52.1 Å². The van der Waals surface area contributed by atoms with Crippen LogP contribution in [0.4, 0.5) is 0 Å². The van der Waals surface area contributed by atoms with Gasteiger partial charge in [-0.25, -0.2) is 0 Å². The van der Waals surface area contributed by atoms with Crippen LogP contribution in [0.15, 0.2) is 6.07 Å². The molecule has 19 heavy (non-hydrogen) atoms. The Morgan fingerprint density at radius 1 is 1.42 bits per heavy atom. The number of nitrogens with zero attached hydrogens (tertiary/aromatic N) is 3. The third-order valence-electron chi connectivity index (χ3n) is 3.98. The molecule has 0 aromatic carbocycles. The van der Waals surface area contributed by atoms with Crippen molar-refractivity contribution in [3.8, 4) is 0 Å². The van der Waals surface area contributed by atoms with E-state index in [0.717, 1.165) is 19.5 Å². The first kappa shape index (κ1) is 14.5. The molecule has 0 spiro atoms. The van der Waals surface area contributed by atoms with Crippen molar-refractivity contribution in [1.29, 1.82) is 0 Å². The quantitative estimate of drug-likeness (QED) is 0.882. The zero-order valence-corrected chi connectivity index (χ0v) is 12.7. The Kier molecular flexibility index (Phi) is 5.40. The molecular weight excluding hydrogens is 236 g/mol. The van der Waals surface area contributed by atoms with Crippen molar-refractivity contribution in [3.05, 3.63) is 17.5 Å². The van der Waals surface area contributed by atoms with Crippen LogP contribution in [-0.2, 0) is 20.0 Å². The Morgan fingerprint density at radius 3 is 2.95 bits per heavy atom. The second kappa shape index (κ2) is 7.06. The van der Waals surface area contributed by atoms with Gasteiger partial charge in [0.25, 0.3) is 0 Å². The van der Waals surface area contributed by atoms with Crippen LogP contribution in [0.25, 0.3) is 0 Å². The second-order valence-corrected chi connectivity index (χ2v) is 5.63. The average molecular weight is 264 g/mol. The molecule has 1 aromatic heterocycles. The smallest absolute Gasteiger partial charge is 0.0625 e. The number of aryl methyl sites for hydroxylation is 2. The third kappa shape index (κ3) is 4.05. The van der Waals surface area contributed by atoms with Crippen LogP contribution >= 0.6 is 0 Å². The SMILES string of the molecule is CCCC1CN(Cc2cc(CC)nn2C)CCCN1. The van der Waals surface area contributed by atoms with Crippen LogP contribution in [0.1, 0.15) is 44.5 Å². The molecule has 1 atom stereocenters. The van der Waals surface area contributed by atoms with Crippen molar-refractivity contribution in [3.63, 3.8) is 0 Å². The fourth-order valence-corrected chi connectivity index (χ4v) is 2.88. The minimum absolute atomic E-state index is 0.659. The molecule has 2 heterocycles. The molecule has 0 radical (unpaired) electrons. The van der Waals surface area contributed by atoms with Gasteiger partial charge in [-0.15, -0.1) is 0 Å². The van der Waals surface area contributed by atoms with E-state index < -0.39 is 0 Å². The Balaban J connectivity index is 1.97. The van der Waals surface area contributed by atoms with Gasteiger partial charge in [0.15, 0.2) is 0 Å². The van der Waals surface area contributed by atoms with E-state index >= 15 is 0 Å². The number of rotatable bonds is 5. The molecule has 1 saturated heterocycles. The van der Waals surface area contributed by atoms with Crippen molar-refractivity contribution in [2.24, 2.45) is 7.05 Å². The van der Waals surface area contributed by atoms with Crippen molar-refractivity contribution >= 4 is 0 Å². The molecule has 4 nitrogen and oxygen atoms in total. The summed E-state index contributed by atoms with van der Waals surface area (Å²) >= 11 is 0. The maximum Gasteiger partial charge on any atom is 0.0625 e. The highest BCUT2D eigenvalue weighted by atomic mass is 15.3. The van der Waals surface area contributed by atoms with Crippen LogP contribution in [-0.4, -0.2) is 40.4 Å². The summed E-state index contributed by atoms with van der Waals surface area (Å²) in [6.45, 7) is 8.99. The predicted molar refractivity (Wildman–Crippen MR) is 79.2 cm³/mol. The topological polar surface area (TPSA) is 33.1 Å². The van der Waals surface area contributed by atoms with Crippen molar-refractivity contribution in [1.82, 2.24) is 20.0 Å². The summed E-state index contributed by atoms with van der Waals surface area (Å²) < 4.78 is 2.05. The maximum absolute atomic E-state index is 4.55. The highest BCUT2D eigenvalue weighted by Gasteiger charge is 2.18. The first-order valence-electron chi connectivity index (χ1n) is 7.70. The summed E-state index contributed by atoms with van der Waals surface area (Å²) in [6.07, 6.45) is 4.81. The normalized spacial score (nSPS) is 21.5.